The van der Waals surface area contributed by atoms with E-state index in [1.165, 1.54) is 0 Å². The number of aryl methyl sites for hydroxylation is 3. The molecule has 0 fully saturated rings. The van der Waals surface area contributed by atoms with Gasteiger partial charge in [-0.3, -0.25) is 4.79 Å². The SMILES string of the molecule is CCCCOc1ccc([PH](=O)C(=O)c2c(C)cc(C)cc2C)c(OCCCC)c1. The number of hydrogen-bond acceptors (Lipinski definition) is 4. The van der Waals surface area contributed by atoms with Gasteiger partial charge in [0.25, 0.3) is 0 Å². The molecule has 0 heterocycles. The van der Waals surface area contributed by atoms with Crippen LogP contribution in [0.5, 0.6) is 11.5 Å². The van der Waals surface area contributed by atoms with E-state index in [-0.39, 0.29) is 5.52 Å². The van der Waals surface area contributed by atoms with E-state index >= 15 is 0 Å². The first kappa shape index (κ1) is 23.2. The van der Waals surface area contributed by atoms with Crippen LogP contribution < -0.4 is 14.8 Å². The van der Waals surface area contributed by atoms with Crippen LogP contribution in [0.15, 0.2) is 30.3 Å². The van der Waals surface area contributed by atoms with E-state index in [1.54, 1.807) is 18.2 Å². The van der Waals surface area contributed by atoms with E-state index in [0.717, 1.165) is 42.4 Å². The zero-order valence-electron chi connectivity index (χ0n) is 18.3. The van der Waals surface area contributed by atoms with Crippen LogP contribution in [-0.2, 0) is 4.57 Å². The lowest BCUT2D eigenvalue weighted by atomic mass is 10.0. The summed E-state index contributed by atoms with van der Waals surface area (Å²) in [6.45, 7) is 11.1. The van der Waals surface area contributed by atoms with Gasteiger partial charge in [0.1, 0.15) is 11.5 Å². The van der Waals surface area contributed by atoms with Crippen molar-refractivity contribution >= 4 is 18.6 Å². The molecular weight excluding hydrogens is 383 g/mol. The monoisotopic (exact) mass is 416 g/mol. The first-order valence-electron chi connectivity index (χ1n) is 10.5. The fourth-order valence-corrected chi connectivity index (χ4v) is 4.80. The highest BCUT2D eigenvalue weighted by Gasteiger charge is 2.23. The van der Waals surface area contributed by atoms with Crippen molar-refractivity contribution in [2.24, 2.45) is 0 Å². The smallest absolute Gasteiger partial charge is 0.223 e. The Kier molecular flexibility index (Phi) is 8.98. The van der Waals surface area contributed by atoms with Crippen LogP contribution in [0.2, 0.25) is 0 Å². The Hall–Kier alpha value is -2.06. The Balaban J connectivity index is 2.35. The highest BCUT2D eigenvalue weighted by molar-refractivity contribution is 7.71. The number of hydrogen-bond donors (Lipinski definition) is 0. The number of rotatable bonds is 11. The van der Waals surface area contributed by atoms with Gasteiger partial charge in [-0.25, -0.2) is 0 Å². The quantitative estimate of drug-likeness (QED) is 0.333. The van der Waals surface area contributed by atoms with Crippen molar-refractivity contribution < 1.29 is 18.8 Å². The Morgan fingerprint density at radius 1 is 0.897 bits per heavy atom. The molecule has 0 N–H and O–H groups in total. The minimum Gasteiger partial charge on any atom is -0.493 e. The van der Waals surface area contributed by atoms with Crippen molar-refractivity contribution in [3.8, 4) is 11.5 Å². The standard InChI is InChI=1S/C24H33O4P/c1-6-8-12-27-20-10-11-22(21(16-20)28-13-9-7-2)29(26)24(25)23-18(4)14-17(3)15-19(23)5/h10-11,14-16,29H,6-9,12-13H2,1-5H3. The molecule has 0 saturated heterocycles. The second-order valence-electron chi connectivity index (χ2n) is 7.49. The van der Waals surface area contributed by atoms with Crippen LogP contribution in [0.1, 0.15) is 66.6 Å². The molecule has 2 aromatic carbocycles. The maximum Gasteiger partial charge on any atom is 0.223 e. The molecule has 1 unspecified atom stereocenters. The van der Waals surface area contributed by atoms with Gasteiger partial charge in [-0.05, 0) is 56.9 Å². The molecule has 29 heavy (non-hydrogen) atoms. The largest absolute Gasteiger partial charge is 0.493 e. The maximum absolute atomic E-state index is 13.3. The fraction of sp³-hybridized carbons (Fsp3) is 0.458. The molecule has 5 heteroatoms. The summed E-state index contributed by atoms with van der Waals surface area (Å²) in [7, 11) is -2.73. The Labute approximate surface area is 175 Å². The molecule has 4 nitrogen and oxygen atoms in total. The van der Waals surface area contributed by atoms with Gasteiger partial charge in [0.15, 0.2) is 7.80 Å². The van der Waals surface area contributed by atoms with Crippen LogP contribution in [0.3, 0.4) is 0 Å². The molecule has 0 saturated carbocycles. The Morgan fingerprint density at radius 2 is 1.48 bits per heavy atom. The molecule has 158 valence electrons. The lowest BCUT2D eigenvalue weighted by molar-refractivity contribution is 0.107. The summed E-state index contributed by atoms with van der Waals surface area (Å²) in [5, 5.41) is 0.471. The molecule has 0 bridgehead atoms. The zero-order chi connectivity index (χ0) is 21.4. The van der Waals surface area contributed by atoms with Crippen molar-refractivity contribution in [1.82, 2.24) is 0 Å². The van der Waals surface area contributed by atoms with Gasteiger partial charge in [0.2, 0.25) is 5.52 Å². The van der Waals surface area contributed by atoms with Crippen molar-refractivity contribution in [3.05, 3.63) is 52.6 Å². The summed E-state index contributed by atoms with van der Waals surface area (Å²) < 4.78 is 24.9. The topological polar surface area (TPSA) is 52.6 Å². The molecular formula is C24H33O4P. The fourth-order valence-electron chi connectivity index (χ4n) is 3.33. The van der Waals surface area contributed by atoms with Gasteiger partial charge in [-0.15, -0.1) is 0 Å². The van der Waals surface area contributed by atoms with Crippen molar-refractivity contribution in [3.63, 3.8) is 0 Å². The predicted molar refractivity (Wildman–Crippen MR) is 121 cm³/mol. The number of unbranched alkanes of at least 4 members (excludes halogenated alkanes) is 2. The highest BCUT2D eigenvalue weighted by Crippen LogP contribution is 2.35. The minimum absolute atomic E-state index is 0.315. The third kappa shape index (κ3) is 6.21. The van der Waals surface area contributed by atoms with Crippen molar-refractivity contribution in [1.29, 1.82) is 0 Å². The molecule has 0 amide bonds. The van der Waals surface area contributed by atoms with Crippen LogP contribution in [0.25, 0.3) is 0 Å². The minimum atomic E-state index is -2.73. The first-order valence-corrected chi connectivity index (χ1v) is 11.9. The third-order valence-electron chi connectivity index (χ3n) is 4.83. The molecule has 2 aromatic rings. The molecule has 0 spiro atoms. The average molecular weight is 416 g/mol. The molecule has 0 radical (unpaired) electrons. The van der Waals surface area contributed by atoms with Crippen LogP contribution >= 0.6 is 7.80 Å². The van der Waals surface area contributed by atoms with E-state index in [1.807, 2.05) is 32.9 Å². The molecule has 0 aliphatic carbocycles. The molecule has 2 rings (SSSR count). The summed E-state index contributed by atoms with van der Waals surface area (Å²) in [6, 6.07) is 9.19. The summed E-state index contributed by atoms with van der Waals surface area (Å²) in [5.74, 6) is 1.17. The lowest BCUT2D eigenvalue weighted by Crippen LogP contribution is -2.12. The Morgan fingerprint density at radius 3 is 2.07 bits per heavy atom. The van der Waals surface area contributed by atoms with Crippen LogP contribution in [-0.4, -0.2) is 18.7 Å². The van der Waals surface area contributed by atoms with Crippen molar-refractivity contribution in [2.75, 3.05) is 13.2 Å². The summed E-state index contributed by atoms with van der Waals surface area (Å²) in [5.41, 5.74) is 3.05. The molecule has 0 aliphatic heterocycles. The third-order valence-corrected chi connectivity index (χ3v) is 6.39. The molecule has 1 atom stereocenters. The lowest BCUT2D eigenvalue weighted by Gasteiger charge is -2.15. The van der Waals surface area contributed by atoms with Gasteiger partial charge in [0, 0.05) is 11.6 Å². The number of benzene rings is 2. The summed E-state index contributed by atoms with van der Waals surface area (Å²) >= 11 is 0. The Bertz CT molecular complexity index is 850. The number of carbonyl (C=O) groups is 1. The molecule has 0 aromatic heterocycles. The van der Waals surface area contributed by atoms with Crippen LogP contribution in [0, 0.1) is 20.8 Å². The maximum atomic E-state index is 13.3. The highest BCUT2D eigenvalue weighted by atomic mass is 31.1. The van der Waals surface area contributed by atoms with E-state index in [4.69, 9.17) is 9.47 Å². The zero-order valence-corrected chi connectivity index (χ0v) is 19.3. The average Bonchev–Trinajstić information content (AvgIpc) is 2.67. The number of ether oxygens (including phenoxy) is 2. The summed E-state index contributed by atoms with van der Waals surface area (Å²) in [6.07, 6.45) is 3.91. The van der Waals surface area contributed by atoms with E-state index in [9.17, 15) is 9.36 Å². The van der Waals surface area contributed by atoms with Gasteiger partial charge in [-0.1, -0.05) is 44.4 Å². The molecule has 0 aliphatic rings. The van der Waals surface area contributed by atoms with Gasteiger partial charge < -0.3 is 14.0 Å². The normalized spacial score (nSPS) is 11.9. The predicted octanol–water partition coefficient (Wildman–Crippen LogP) is 6.00. The van der Waals surface area contributed by atoms with E-state index in [0.29, 0.717) is 35.6 Å². The number of carbonyl (C=O) groups excluding carboxylic acids is 1. The van der Waals surface area contributed by atoms with Gasteiger partial charge in [0.05, 0.1) is 18.5 Å². The summed E-state index contributed by atoms with van der Waals surface area (Å²) in [4.78, 5) is 13.1. The van der Waals surface area contributed by atoms with Crippen molar-refractivity contribution in [2.45, 2.75) is 60.3 Å². The van der Waals surface area contributed by atoms with Crippen LogP contribution in [0.4, 0.5) is 0 Å². The second-order valence-corrected chi connectivity index (χ2v) is 9.15. The van der Waals surface area contributed by atoms with E-state index < -0.39 is 7.80 Å². The van der Waals surface area contributed by atoms with Gasteiger partial charge >= 0.3 is 0 Å². The first-order chi connectivity index (χ1) is 13.9. The van der Waals surface area contributed by atoms with E-state index in [2.05, 4.69) is 13.8 Å². The van der Waals surface area contributed by atoms with Gasteiger partial charge in [-0.2, -0.15) is 0 Å². The second kappa shape index (κ2) is 11.2.